The van der Waals surface area contributed by atoms with Gasteiger partial charge in [-0.05, 0) is 24.3 Å². The zero-order valence-electron chi connectivity index (χ0n) is 12.0. The summed E-state index contributed by atoms with van der Waals surface area (Å²) in [4.78, 5) is 19.8. The highest BCUT2D eigenvalue weighted by molar-refractivity contribution is 5.96. The maximum Gasteiger partial charge on any atom is 0.422 e. The normalized spacial score (nSPS) is 11.1. The maximum absolute atomic E-state index is 12.2. The Morgan fingerprint density at radius 1 is 1.13 bits per heavy atom. The number of alkyl halides is 3. The van der Waals surface area contributed by atoms with E-state index < -0.39 is 18.7 Å². The number of carbonyl (C=O) groups excluding carboxylic acids is 1. The second kappa shape index (κ2) is 7.57. The summed E-state index contributed by atoms with van der Waals surface area (Å²) < 4.78 is 41.2. The average molecular weight is 325 g/mol. The highest BCUT2D eigenvalue weighted by Crippen LogP contribution is 2.19. The van der Waals surface area contributed by atoms with Crippen molar-refractivity contribution in [3.8, 4) is 5.88 Å². The van der Waals surface area contributed by atoms with Gasteiger partial charge in [0.05, 0.1) is 0 Å². The van der Waals surface area contributed by atoms with Crippen molar-refractivity contribution in [2.45, 2.75) is 12.6 Å². The third-order valence-electron chi connectivity index (χ3n) is 2.78. The number of nitrogens with zero attached hydrogens (tertiary/aromatic N) is 2. The monoisotopic (exact) mass is 325 g/mol. The summed E-state index contributed by atoms with van der Waals surface area (Å²) in [6, 6.07) is 8.23. The molecule has 2 aromatic heterocycles. The van der Waals surface area contributed by atoms with E-state index in [1.54, 1.807) is 12.3 Å². The SMILES string of the molecule is O=C(NCCc1ccccn1)c1cccnc1OCC(F)(F)F. The summed E-state index contributed by atoms with van der Waals surface area (Å²) in [6.07, 6.45) is -1.09. The van der Waals surface area contributed by atoms with Crippen LogP contribution in [0.3, 0.4) is 0 Å². The van der Waals surface area contributed by atoms with Crippen LogP contribution in [0.25, 0.3) is 0 Å². The lowest BCUT2D eigenvalue weighted by Crippen LogP contribution is -2.27. The zero-order chi connectivity index (χ0) is 16.7. The number of rotatable bonds is 6. The van der Waals surface area contributed by atoms with Crippen LogP contribution in [0.1, 0.15) is 16.1 Å². The van der Waals surface area contributed by atoms with E-state index in [0.29, 0.717) is 13.0 Å². The molecule has 1 amide bonds. The van der Waals surface area contributed by atoms with Crippen LogP contribution in [0.5, 0.6) is 5.88 Å². The van der Waals surface area contributed by atoms with Gasteiger partial charge >= 0.3 is 6.18 Å². The molecule has 0 aliphatic heterocycles. The molecule has 0 bridgehead atoms. The van der Waals surface area contributed by atoms with Gasteiger partial charge in [-0.15, -0.1) is 0 Å². The van der Waals surface area contributed by atoms with Crippen molar-refractivity contribution < 1.29 is 22.7 Å². The van der Waals surface area contributed by atoms with E-state index in [0.717, 1.165) is 5.69 Å². The van der Waals surface area contributed by atoms with Gasteiger partial charge in [-0.1, -0.05) is 6.07 Å². The van der Waals surface area contributed by atoms with E-state index in [9.17, 15) is 18.0 Å². The highest BCUT2D eigenvalue weighted by Gasteiger charge is 2.29. The Kier molecular flexibility index (Phi) is 5.51. The lowest BCUT2D eigenvalue weighted by atomic mass is 10.2. The van der Waals surface area contributed by atoms with Crippen LogP contribution < -0.4 is 10.1 Å². The van der Waals surface area contributed by atoms with Gasteiger partial charge in [0.25, 0.3) is 5.91 Å². The summed E-state index contributed by atoms with van der Waals surface area (Å²) in [5.74, 6) is -0.897. The largest absolute Gasteiger partial charge is 0.467 e. The topological polar surface area (TPSA) is 64.1 Å². The molecule has 0 unspecified atom stereocenters. The first kappa shape index (κ1) is 16.7. The molecule has 0 spiro atoms. The number of hydrogen-bond donors (Lipinski definition) is 1. The van der Waals surface area contributed by atoms with Gasteiger partial charge < -0.3 is 10.1 Å². The Hall–Kier alpha value is -2.64. The molecule has 0 atom stereocenters. The molecule has 2 aromatic rings. The lowest BCUT2D eigenvalue weighted by molar-refractivity contribution is -0.154. The summed E-state index contributed by atoms with van der Waals surface area (Å²) in [5, 5.41) is 2.60. The molecule has 0 aliphatic rings. The minimum atomic E-state index is -4.50. The Labute approximate surface area is 130 Å². The van der Waals surface area contributed by atoms with Gasteiger partial charge in [0.2, 0.25) is 5.88 Å². The average Bonchev–Trinajstić information content (AvgIpc) is 2.53. The number of pyridine rings is 2. The molecule has 23 heavy (non-hydrogen) atoms. The molecule has 8 heteroatoms. The lowest BCUT2D eigenvalue weighted by Gasteiger charge is -2.12. The molecule has 0 aliphatic carbocycles. The molecule has 0 fully saturated rings. The van der Waals surface area contributed by atoms with Crippen molar-refractivity contribution in [2.75, 3.05) is 13.2 Å². The van der Waals surface area contributed by atoms with Gasteiger partial charge in [-0.3, -0.25) is 9.78 Å². The fourth-order valence-electron chi connectivity index (χ4n) is 1.77. The minimum absolute atomic E-state index is 0.0437. The molecule has 1 N–H and O–H groups in total. The van der Waals surface area contributed by atoms with Crippen LogP contribution in [0, 0.1) is 0 Å². The van der Waals surface area contributed by atoms with E-state index in [2.05, 4.69) is 20.0 Å². The molecular weight excluding hydrogens is 311 g/mol. The standard InChI is InChI=1S/C15H14F3N3O2/c16-15(17,18)10-23-14-12(5-3-8-21-14)13(22)20-9-6-11-4-1-2-7-19-11/h1-5,7-8H,6,9-10H2,(H,20,22). The first-order valence-corrected chi connectivity index (χ1v) is 6.78. The number of amides is 1. The van der Waals surface area contributed by atoms with Crippen LogP contribution in [-0.4, -0.2) is 35.2 Å². The Morgan fingerprint density at radius 3 is 2.61 bits per heavy atom. The first-order valence-electron chi connectivity index (χ1n) is 6.78. The van der Waals surface area contributed by atoms with E-state index >= 15 is 0 Å². The Balaban J connectivity index is 1.93. The van der Waals surface area contributed by atoms with Gasteiger partial charge in [0.1, 0.15) is 5.56 Å². The molecule has 0 saturated heterocycles. The number of aromatic nitrogens is 2. The van der Waals surface area contributed by atoms with Crippen LogP contribution in [0.15, 0.2) is 42.7 Å². The first-order chi connectivity index (χ1) is 11.0. The predicted octanol–water partition coefficient (Wildman–Crippen LogP) is 2.39. The van der Waals surface area contributed by atoms with Gasteiger partial charge in [0, 0.05) is 31.1 Å². The summed E-state index contributed by atoms with van der Waals surface area (Å²) in [5.41, 5.74) is 0.755. The molecule has 122 valence electrons. The second-order valence-electron chi connectivity index (χ2n) is 4.59. The van der Waals surface area contributed by atoms with Crippen molar-refractivity contribution >= 4 is 5.91 Å². The summed E-state index contributed by atoms with van der Waals surface area (Å²) in [6.45, 7) is -1.21. The molecule has 0 aromatic carbocycles. The van der Waals surface area contributed by atoms with Crippen molar-refractivity contribution in [1.82, 2.24) is 15.3 Å². The number of ether oxygens (including phenoxy) is 1. The van der Waals surface area contributed by atoms with Crippen LogP contribution in [-0.2, 0) is 6.42 Å². The quantitative estimate of drug-likeness (QED) is 0.886. The van der Waals surface area contributed by atoms with Crippen LogP contribution in [0.4, 0.5) is 13.2 Å². The zero-order valence-corrected chi connectivity index (χ0v) is 12.0. The van der Waals surface area contributed by atoms with E-state index in [4.69, 9.17) is 0 Å². The van der Waals surface area contributed by atoms with E-state index in [-0.39, 0.29) is 11.4 Å². The van der Waals surface area contributed by atoms with Gasteiger partial charge in [0.15, 0.2) is 6.61 Å². The predicted molar refractivity (Wildman–Crippen MR) is 76.1 cm³/mol. The molecule has 5 nitrogen and oxygen atoms in total. The van der Waals surface area contributed by atoms with Crippen molar-refractivity contribution in [3.63, 3.8) is 0 Å². The minimum Gasteiger partial charge on any atom is -0.467 e. The summed E-state index contributed by atoms with van der Waals surface area (Å²) >= 11 is 0. The maximum atomic E-state index is 12.2. The van der Waals surface area contributed by atoms with Gasteiger partial charge in [-0.25, -0.2) is 4.98 Å². The Morgan fingerprint density at radius 2 is 1.91 bits per heavy atom. The number of halogens is 3. The number of carbonyl (C=O) groups is 1. The summed E-state index contributed by atoms with van der Waals surface area (Å²) in [7, 11) is 0. The van der Waals surface area contributed by atoms with E-state index in [1.807, 2.05) is 12.1 Å². The molecule has 0 saturated carbocycles. The fraction of sp³-hybridized carbons (Fsp3) is 0.267. The van der Waals surface area contributed by atoms with E-state index in [1.165, 1.54) is 18.3 Å². The molecular formula is C15H14F3N3O2. The van der Waals surface area contributed by atoms with Crippen molar-refractivity contribution in [1.29, 1.82) is 0 Å². The van der Waals surface area contributed by atoms with Crippen molar-refractivity contribution in [3.05, 3.63) is 54.0 Å². The van der Waals surface area contributed by atoms with Crippen molar-refractivity contribution in [2.24, 2.45) is 0 Å². The Bertz CT molecular complexity index is 648. The molecule has 2 rings (SSSR count). The molecule has 2 heterocycles. The number of nitrogens with one attached hydrogen (secondary N) is 1. The fourth-order valence-corrected chi connectivity index (χ4v) is 1.77. The second-order valence-corrected chi connectivity index (χ2v) is 4.59. The van der Waals surface area contributed by atoms with Crippen LogP contribution >= 0.6 is 0 Å². The highest BCUT2D eigenvalue weighted by atomic mass is 19.4. The number of hydrogen-bond acceptors (Lipinski definition) is 4. The third-order valence-corrected chi connectivity index (χ3v) is 2.78. The molecule has 0 radical (unpaired) electrons. The smallest absolute Gasteiger partial charge is 0.422 e. The van der Waals surface area contributed by atoms with Crippen LogP contribution in [0.2, 0.25) is 0 Å². The third kappa shape index (κ3) is 5.57. The van der Waals surface area contributed by atoms with Gasteiger partial charge in [-0.2, -0.15) is 13.2 Å².